The number of phenolic OH excluding ortho intramolecular Hbond substituents is 1. The molecule has 2 aromatic rings. The number of hydrogen-bond acceptors (Lipinski definition) is 7. The standard InChI is InChI=1S/C22H18F2N2O6S2/c23-21(24)32-16-5-2-1-4-12(16)10-17-19(29)26(22(33)34-17)9-3-6-18(28)25-15-8-7-13(27)11-14(15)20(30)31/h1-2,4-5,7-8,10-11,21,27H,3,6,9H2,(H,25,28)(H,30,31)/b17-10-. The number of amides is 2. The zero-order chi connectivity index (χ0) is 24.8. The number of ether oxygens (including phenoxy) is 1. The van der Waals surface area contributed by atoms with E-state index < -0.39 is 24.4 Å². The maximum absolute atomic E-state index is 12.7. The van der Waals surface area contributed by atoms with Crippen molar-refractivity contribution < 1.29 is 38.1 Å². The van der Waals surface area contributed by atoms with Gasteiger partial charge in [0.25, 0.3) is 5.91 Å². The molecule has 2 aromatic carbocycles. The summed E-state index contributed by atoms with van der Waals surface area (Å²) >= 11 is 6.25. The van der Waals surface area contributed by atoms with E-state index in [1.165, 1.54) is 41.3 Å². The molecule has 3 rings (SSSR count). The molecule has 12 heteroatoms. The Morgan fingerprint density at radius 2 is 1.97 bits per heavy atom. The molecule has 0 saturated carbocycles. The molecule has 0 aliphatic carbocycles. The van der Waals surface area contributed by atoms with E-state index in [1.54, 1.807) is 6.07 Å². The van der Waals surface area contributed by atoms with Gasteiger partial charge in [-0.15, -0.1) is 0 Å². The van der Waals surface area contributed by atoms with Gasteiger partial charge in [-0.05, 0) is 36.8 Å². The second-order valence-corrected chi connectivity index (χ2v) is 8.61. The van der Waals surface area contributed by atoms with Crippen LogP contribution in [0.1, 0.15) is 28.8 Å². The second-order valence-electron chi connectivity index (χ2n) is 6.94. The molecule has 0 radical (unpaired) electrons. The van der Waals surface area contributed by atoms with Gasteiger partial charge in [0.1, 0.15) is 15.8 Å². The number of thiocarbonyl (C=S) groups is 1. The molecule has 3 N–H and O–H groups in total. The van der Waals surface area contributed by atoms with E-state index in [4.69, 9.17) is 12.2 Å². The number of phenols is 1. The third-order valence-corrected chi connectivity index (χ3v) is 5.97. The van der Waals surface area contributed by atoms with Gasteiger partial charge in [0.15, 0.2) is 0 Å². The van der Waals surface area contributed by atoms with Crippen LogP contribution in [0.25, 0.3) is 6.08 Å². The number of para-hydroxylation sites is 1. The van der Waals surface area contributed by atoms with E-state index >= 15 is 0 Å². The minimum Gasteiger partial charge on any atom is -0.508 e. The maximum Gasteiger partial charge on any atom is 0.387 e. The summed E-state index contributed by atoms with van der Waals surface area (Å²) in [6.45, 7) is -2.88. The second kappa shape index (κ2) is 11.1. The van der Waals surface area contributed by atoms with E-state index in [0.717, 1.165) is 17.8 Å². The first kappa shape index (κ1) is 25.1. The normalized spacial score (nSPS) is 14.7. The van der Waals surface area contributed by atoms with Crippen LogP contribution in [0.3, 0.4) is 0 Å². The number of anilines is 1. The lowest BCUT2D eigenvalue weighted by molar-refractivity contribution is -0.122. The summed E-state index contributed by atoms with van der Waals surface area (Å²) in [6, 6.07) is 9.59. The molecule has 1 aliphatic heterocycles. The first-order valence-corrected chi connectivity index (χ1v) is 11.0. The molecule has 178 valence electrons. The van der Waals surface area contributed by atoms with Gasteiger partial charge in [-0.1, -0.05) is 42.2 Å². The summed E-state index contributed by atoms with van der Waals surface area (Å²) in [5.74, 6) is -2.53. The van der Waals surface area contributed by atoms with Crippen LogP contribution in [0.2, 0.25) is 0 Å². The number of alkyl halides is 2. The molecule has 8 nitrogen and oxygen atoms in total. The number of carboxylic acids is 1. The summed E-state index contributed by atoms with van der Waals surface area (Å²) in [7, 11) is 0. The molecule has 0 unspecified atom stereocenters. The Bertz CT molecular complexity index is 1170. The fraction of sp³-hybridized carbons (Fsp3) is 0.182. The number of benzene rings is 2. The average Bonchev–Trinajstić information content (AvgIpc) is 3.03. The van der Waals surface area contributed by atoms with Crippen molar-refractivity contribution in [3.63, 3.8) is 0 Å². The molecule has 1 heterocycles. The molecule has 0 spiro atoms. The molecule has 0 aromatic heterocycles. The number of carboxylic acid groups (broad SMARTS) is 1. The van der Waals surface area contributed by atoms with Gasteiger partial charge in [-0.3, -0.25) is 14.5 Å². The molecule has 1 saturated heterocycles. The average molecular weight is 509 g/mol. The maximum atomic E-state index is 12.7. The van der Waals surface area contributed by atoms with Crippen molar-refractivity contribution in [2.45, 2.75) is 19.5 Å². The van der Waals surface area contributed by atoms with Gasteiger partial charge in [-0.25, -0.2) is 4.79 Å². The van der Waals surface area contributed by atoms with Crippen molar-refractivity contribution in [2.75, 3.05) is 11.9 Å². The summed E-state index contributed by atoms with van der Waals surface area (Å²) in [5.41, 5.74) is 0.0749. The van der Waals surface area contributed by atoms with Crippen LogP contribution in [0.15, 0.2) is 47.4 Å². The molecule has 2 amide bonds. The molecule has 0 bridgehead atoms. The Hall–Kier alpha value is -3.51. The van der Waals surface area contributed by atoms with Crippen LogP contribution in [-0.2, 0) is 9.59 Å². The van der Waals surface area contributed by atoms with E-state index in [9.17, 15) is 33.4 Å². The quantitative estimate of drug-likeness (QED) is 0.261. The van der Waals surface area contributed by atoms with Gasteiger partial charge in [0.2, 0.25) is 5.91 Å². The van der Waals surface area contributed by atoms with E-state index in [0.29, 0.717) is 5.56 Å². The van der Waals surface area contributed by atoms with Gasteiger partial charge in [-0.2, -0.15) is 8.78 Å². The number of aromatic hydroxyl groups is 1. The first-order valence-electron chi connectivity index (χ1n) is 9.81. The Morgan fingerprint density at radius 1 is 1.24 bits per heavy atom. The number of aromatic carboxylic acids is 1. The highest BCUT2D eigenvalue weighted by atomic mass is 32.2. The Balaban J connectivity index is 1.60. The molecule has 34 heavy (non-hydrogen) atoms. The summed E-state index contributed by atoms with van der Waals surface area (Å²) < 4.78 is 30.0. The Kier molecular flexibility index (Phi) is 8.18. The molecular weight excluding hydrogens is 490 g/mol. The van der Waals surface area contributed by atoms with Gasteiger partial charge in [0, 0.05) is 18.5 Å². The highest BCUT2D eigenvalue weighted by molar-refractivity contribution is 8.26. The fourth-order valence-electron chi connectivity index (χ4n) is 3.07. The Morgan fingerprint density at radius 3 is 2.68 bits per heavy atom. The molecular formula is C22H18F2N2O6S2. The topological polar surface area (TPSA) is 116 Å². The zero-order valence-corrected chi connectivity index (χ0v) is 19.0. The molecule has 1 aliphatic rings. The smallest absolute Gasteiger partial charge is 0.387 e. The summed E-state index contributed by atoms with van der Waals surface area (Å²) in [6.07, 6.45) is 1.63. The van der Waals surface area contributed by atoms with Crippen LogP contribution in [0.5, 0.6) is 11.5 Å². The number of rotatable bonds is 9. The largest absolute Gasteiger partial charge is 0.508 e. The van der Waals surface area contributed by atoms with Gasteiger partial charge >= 0.3 is 12.6 Å². The van der Waals surface area contributed by atoms with Crippen molar-refractivity contribution in [3.8, 4) is 11.5 Å². The number of carbonyl (C=O) groups excluding carboxylic acids is 2. The Labute approximate surface area is 202 Å². The third-order valence-electron chi connectivity index (χ3n) is 4.59. The monoisotopic (exact) mass is 508 g/mol. The van der Waals surface area contributed by atoms with E-state index in [-0.39, 0.29) is 51.4 Å². The van der Waals surface area contributed by atoms with Crippen LogP contribution in [0, 0.1) is 0 Å². The lowest BCUT2D eigenvalue weighted by Crippen LogP contribution is -2.29. The van der Waals surface area contributed by atoms with Crippen LogP contribution in [0.4, 0.5) is 14.5 Å². The highest BCUT2D eigenvalue weighted by Gasteiger charge is 2.32. The summed E-state index contributed by atoms with van der Waals surface area (Å²) in [5, 5.41) is 21.1. The predicted octanol–water partition coefficient (Wildman–Crippen LogP) is 4.31. The lowest BCUT2D eigenvalue weighted by Gasteiger charge is -2.14. The van der Waals surface area contributed by atoms with Crippen molar-refractivity contribution in [1.29, 1.82) is 0 Å². The van der Waals surface area contributed by atoms with E-state index in [2.05, 4.69) is 10.1 Å². The fourth-order valence-corrected chi connectivity index (χ4v) is 4.37. The lowest BCUT2D eigenvalue weighted by atomic mass is 10.1. The van der Waals surface area contributed by atoms with Crippen molar-refractivity contribution in [2.24, 2.45) is 0 Å². The highest BCUT2D eigenvalue weighted by Crippen LogP contribution is 2.34. The van der Waals surface area contributed by atoms with Crippen molar-refractivity contribution in [1.82, 2.24) is 4.90 Å². The summed E-state index contributed by atoms with van der Waals surface area (Å²) in [4.78, 5) is 37.8. The molecule has 1 fully saturated rings. The number of carbonyl (C=O) groups is 3. The number of thioether (sulfide) groups is 1. The van der Waals surface area contributed by atoms with Crippen LogP contribution in [-0.4, -0.2) is 50.4 Å². The van der Waals surface area contributed by atoms with Crippen molar-refractivity contribution in [3.05, 3.63) is 58.5 Å². The van der Waals surface area contributed by atoms with Gasteiger partial charge in [0.05, 0.1) is 16.2 Å². The third kappa shape index (κ3) is 6.29. The SMILES string of the molecule is O=C(CCCN1C(=O)/C(=C/c2ccccc2OC(F)F)SC1=S)Nc1ccc(O)cc1C(=O)O. The van der Waals surface area contributed by atoms with Crippen LogP contribution >= 0.6 is 24.0 Å². The first-order chi connectivity index (χ1) is 16.2. The number of halogens is 2. The molecule has 0 atom stereocenters. The number of nitrogens with zero attached hydrogens (tertiary/aromatic N) is 1. The van der Waals surface area contributed by atoms with E-state index in [1.807, 2.05) is 0 Å². The number of nitrogens with one attached hydrogen (secondary N) is 1. The predicted molar refractivity (Wildman–Crippen MR) is 126 cm³/mol. The minimum atomic E-state index is -3.01. The number of hydrogen-bond donors (Lipinski definition) is 3. The zero-order valence-electron chi connectivity index (χ0n) is 17.4. The van der Waals surface area contributed by atoms with Crippen LogP contribution < -0.4 is 10.1 Å². The van der Waals surface area contributed by atoms with Crippen molar-refractivity contribution >= 4 is 57.8 Å². The van der Waals surface area contributed by atoms with Gasteiger partial charge < -0.3 is 20.3 Å². The minimum absolute atomic E-state index is 0.0267.